The van der Waals surface area contributed by atoms with Crippen molar-refractivity contribution < 1.29 is 5.11 Å². The lowest BCUT2D eigenvalue weighted by atomic mass is 10.1. The van der Waals surface area contributed by atoms with E-state index in [1.807, 2.05) is 30.3 Å². The van der Waals surface area contributed by atoms with Gasteiger partial charge in [0.2, 0.25) is 0 Å². The zero-order chi connectivity index (χ0) is 13.2. The van der Waals surface area contributed by atoms with E-state index in [2.05, 4.69) is 16.0 Å². The van der Waals surface area contributed by atoms with Gasteiger partial charge in [0.15, 0.2) is 0 Å². The van der Waals surface area contributed by atoms with Crippen molar-refractivity contribution >= 4 is 16.7 Å². The number of hydrogen-bond acceptors (Lipinski definition) is 4. The molecule has 0 aliphatic carbocycles. The molecule has 1 atom stereocenters. The highest BCUT2D eigenvalue weighted by Gasteiger charge is 2.25. The predicted molar refractivity (Wildman–Crippen MR) is 73.9 cm³/mol. The quantitative estimate of drug-likeness (QED) is 0.890. The van der Waals surface area contributed by atoms with Gasteiger partial charge in [0, 0.05) is 11.9 Å². The number of aliphatic hydroxyl groups excluding tert-OH is 1. The highest BCUT2D eigenvalue weighted by molar-refractivity contribution is 5.86. The summed E-state index contributed by atoms with van der Waals surface area (Å²) in [6.45, 7) is 1.03. The summed E-state index contributed by atoms with van der Waals surface area (Å²) in [4.78, 5) is 6.73. The molecule has 0 bridgehead atoms. The fourth-order valence-corrected chi connectivity index (χ4v) is 2.73. The number of nitrogens with zero attached hydrogens (tertiary/aromatic N) is 3. The molecule has 3 rings (SSSR count). The molecule has 19 heavy (non-hydrogen) atoms. The second-order valence-corrected chi connectivity index (χ2v) is 4.83. The first-order valence-electron chi connectivity index (χ1n) is 6.51. The van der Waals surface area contributed by atoms with Crippen LogP contribution in [0.3, 0.4) is 0 Å². The normalized spacial score (nSPS) is 18.7. The monoisotopic (exact) mass is 253 g/mol. The number of anilines is 1. The summed E-state index contributed by atoms with van der Waals surface area (Å²) in [5.74, 6) is 0.798. The molecule has 1 aromatic heterocycles. The summed E-state index contributed by atoms with van der Waals surface area (Å²) in [7, 11) is 0. The number of aromatic nitrogens is 1. The Labute approximate surface area is 111 Å². The fraction of sp³-hybridized carbons (Fsp3) is 0.333. The molecule has 0 radical (unpaired) electrons. The van der Waals surface area contributed by atoms with Crippen LogP contribution < -0.4 is 4.90 Å². The molecule has 1 saturated heterocycles. The molecule has 1 unspecified atom stereocenters. The van der Waals surface area contributed by atoms with Gasteiger partial charge in [0.05, 0.1) is 29.8 Å². The number of para-hydroxylation sites is 1. The summed E-state index contributed by atoms with van der Waals surface area (Å²) in [6.07, 6.45) is 2.04. The van der Waals surface area contributed by atoms with Crippen LogP contribution in [0.1, 0.15) is 18.4 Å². The zero-order valence-corrected chi connectivity index (χ0v) is 10.6. The van der Waals surface area contributed by atoms with E-state index in [9.17, 15) is 10.4 Å². The van der Waals surface area contributed by atoms with Gasteiger partial charge in [-0.05, 0) is 25.0 Å². The molecular formula is C15H15N3O. The number of rotatable bonds is 2. The molecule has 0 amide bonds. The Balaban J connectivity index is 2.12. The summed E-state index contributed by atoms with van der Waals surface area (Å²) in [6, 6.07) is 11.9. The van der Waals surface area contributed by atoms with Crippen molar-refractivity contribution in [1.82, 2.24) is 4.98 Å². The average molecular weight is 253 g/mol. The van der Waals surface area contributed by atoms with Crippen LogP contribution in [0.25, 0.3) is 10.9 Å². The Morgan fingerprint density at radius 1 is 1.42 bits per heavy atom. The first-order chi connectivity index (χ1) is 9.33. The maximum Gasteiger partial charge on any atom is 0.130 e. The number of fused-ring (bicyclic) bond motifs is 1. The number of nitriles is 1. The van der Waals surface area contributed by atoms with Crippen LogP contribution in [0.2, 0.25) is 0 Å². The summed E-state index contributed by atoms with van der Waals surface area (Å²) < 4.78 is 0. The molecule has 4 nitrogen and oxygen atoms in total. The molecule has 2 aromatic rings. The van der Waals surface area contributed by atoms with Crippen LogP contribution in [0.5, 0.6) is 0 Å². The number of benzene rings is 1. The van der Waals surface area contributed by atoms with Gasteiger partial charge in [-0.3, -0.25) is 0 Å². The second-order valence-electron chi connectivity index (χ2n) is 4.83. The van der Waals surface area contributed by atoms with Crippen LogP contribution in [-0.4, -0.2) is 29.3 Å². The van der Waals surface area contributed by atoms with Gasteiger partial charge in [-0.2, -0.15) is 5.26 Å². The maximum absolute atomic E-state index is 9.40. The van der Waals surface area contributed by atoms with Gasteiger partial charge in [-0.25, -0.2) is 4.98 Å². The Morgan fingerprint density at radius 3 is 3.05 bits per heavy atom. The van der Waals surface area contributed by atoms with Crippen molar-refractivity contribution in [2.45, 2.75) is 18.9 Å². The van der Waals surface area contributed by atoms with Crippen LogP contribution in [0, 0.1) is 11.3 Å². The van der Waals surface area contributed by atoms with Crippen molar-refractivity contribution in [2.75, 3.05) is 18.1 Å². The van der Waals surface area contributed by atoms with E-state index in [0.29, 0.717) is 5.56 Å². The van der Waals surface area contributed by atoms with Gasteiger partial charge < -0.3 is 10.0 Å². The topological polar surface area (TPSA) is 60.2 Å². The largest absolute Gasteiger partial charge is 0.394 e. The van der Waals surface area contributed by atoms with Gasteiger partial charge in [0.25, 0.3) is 0 Å². The molecule has 4 heteroatoms. The summed E-state index contributed by atoms with van der Waals surface area (Å²) in [5.41, 5.74) is 1.48. The third-order valence-corrected chi connectivity index (χ3v) is 3.71. The second kappa shape index (κ2) is 4.87. The number of pyridine rings is 1. The molecule has 2 heterocycles. The molecule has 1 aromatic carbocycles. The predicted octanol–water partition coefficient (Wildman–Crippen LogP) is 2.07. The van der Waals surface area contributed by atoms with E-state index >= 15 is 0 Å². The van der Waals surface area contributed by atoms with E-state index in [1.165, 1.54) is 0 Å². The van der Waals surface area contributed by atoms with Crippen molar-refractivity contribution in [3.63, 3.8) is 0 Å². The van der Waals surface area contributed by atoms with E-state index < -0.39 is 0 Å². The summed E-state index contributed by atoms with van der Waals surface area (Å²) >= 11 is 0. The van der Waals surface area contributed by atoms with E-state index in [1.54, 1.807) is 0 Å². The minimum Gasteiger partial charge on any atom is -0.394 e. The number of aliphatic hydroxyl groups is 1. The Hall–Kier alpha value is -2.12. The Kier molecular flexibility index (Phi) is 3.06. The molecule has 1 aliphatic rings. The van der Waals surface area contributed by atoms with E-state index in [-0.39, 0.29) is 12.6 Å². The highest BCUT2D eigenvalue weighted by atomic mass is 16.3. The van der Waals surface area contributed by atoms with Crippen molar-refractivity contribution in [1.29, 1.82) is 5.26 Å². The first-order valence-corrected chi connectivity index (χ1v) is 6.51. The zero-order valence-electron chi connectivity index (χ0n) is 10.6. The Bertz CT molecular complexity index is 647. The van der Waals surface area contributed by atoms with Crippen LogP contribution in [0.15, 0.2) is 30.3 Å². The van der Waals surface area contributed by atoms with Crippen LogP contribution >= 0.6 is 0 Å². The molecular weight excluding hydrogens is 238 g/mol. The van der Waals surface area contributed by atoms with Gasteiger partial charge in [-0.15, -0.1) is 0 Å². The fourth-order valence-electron chi connectivity index (χ4n) is 2.73. The molecule has 0 spiro atoms. The van der Waals surface area contributed by atoms with Gasteiger partial charge in [-0.1, -0.05) is 18.2 Å². The lowest BCUT2D eigenvalue weighted by Crippen LogP contribution is -2.32. The third-order valence-electron chi connectivity index (χ3n) is 3.71. The Morgan fingerprint density at radius 2 is 2.26 bits per heavy atom. The molecule has 1 aliphatic heterocycles. The van der Waals surface area contributed by atoms with Crippen LogP contribution in [-0.2, 0) is 0 Å². The lowest BCUT2D eigenvalue weighted by Gasteiger charge is -2.24. The highest BCUT2D eigenvalue weighted by Crippen LogP contribution is 2.27. The molecule has 0 saturated carbocycles. The molecule has 1 fully saturated rings. The first kappa shape index (κ1) is 11.9. The average Bonchev–Trinajstić information content (AvgIpc) is 2.94. The van der Waals surface area contributed by atoms with Crippen molar-refractivity contribution in [2.24, 2.45) is 0 Å². The van der Waals surface area contributed by atoms with E-state index in [4.69, 9.17) is 0 Å². The van der Waals surface area contributed by atoms with Gasteiger partial charge in [0.1, 0.15) is 5.82 Å². The van der Waals surface area contributed by atoms with Crippen LogP contribution in [0.4, 0.5) is 5.82 Å². The number of hydrogen-bond donors (Lipinski definition) is 1. The maximum atomic E-state index is 9.40. The minimum absolute atomic E-state index is 0.125. The minimum atomic E-state index is 0.125. The van der Waals surface area contributed by atoms with Gasteiger partial charge >= 0.3 is 0 Å². The standard InChI is InChI=1S/C15H15N3O/c16-9-11-8-15(18-7-3-4-12(18)10-19)17-14-6-2-1-5-13(11)14/h1-2,5-6,8,12,19H,3-4,7,10H2. The molecule has 1 N–H and O–H groups in total. The lowest BCUT2D eigenvalue weighted by molar-refractivity contribution is 0.266. The third kappa shape index (κ3) is 2.02. The smallest absolute Gasteiger partial charge is 0.130 e. The van der Waals surface area contributed by atoms with Crippen molar-refractivity contribution in [3.05, 3.63) is 35.9 Å². The summed E-state index contributed by atoms with van der Waals surface area (Å²) in [5, 5.41) is 19.6. The van der Waals surface area contributed by atoms with E-state index in [0.717, 1.165) is 36.1 Å². The molecule has 96 valence electrons. The van der Waals surface area contributed by atoms with Crippen molar-refractivity contribution in [3.8, 4) is 6.07 Å². The SMILES string of the molecule is N#Cc1cc(N2CCCC2CO)nc2ccccc12.